The number of carboxylic acids is 4. The molecule has 0 aromatic carbocycles. The van der Waals surface area contributed by atoms with E-state index >= 15 is 0 Å². The van der Waals surface area contributed by atoms with E-state index in [1.807, 2.05) is 34.6 Å². The number of hydrogen-bond acceptors (Lipinski definition) is 18. The van der Waals surface area contributed by atoms with E-state index in [4.69, 9.17) is 23.7 Å². The third kappa shape index (κ3) is 23.8. The van der Waals surface area contributed by atoms with Crippen LogP contribution in [-0.2, 0) is 85.8 Å². The summed E-state index contributed by atoms with van der Waals surface area (Å²) in [4.78, 5) is 102. The van der Waals surface area contributed by atoms with Gasteiger partial charge in [0.25, 0.3) is 0 Å². The van der Waals surface area contributed by atoms with Crippen LogP contribution in [-0.4, -0.2) is 163 Å². The molecule has 5 aliphatic carbocycles. The van der Waals surface area contributed by atoms with Crippen LogP contribution in [0, 0.1) is 76.9 Å². The Balaban J connectivity index is 0.000000175. The molecular formula is C65H102O22. The first kappa shape index (κ1) is 71.3. The average Bonchev–Trinajstić information content (AvgIpc) is 3.23. The van der Waals surface area contributed by atoms with Crippen LogP contribution in [0.25, 0.3) is 0 Å². The first-order valence-corrected chi connectivity index (χ1v) is 32.3. The zero-order valence-corrected chi connectivity index (χ0v) is 52.9. The quantitative estimate of drug-likeness (QED) is 0.0615. The smallest absolute Gasteiger partial charge is 0.307 e. The second-order valence-electron chi connectivity index (χ2n) is 26.9. The van der Waals surface area contributed by atoms with Gasteiger partial charge in [0.05, 0.1) is 139 Å². The van der Waals surface area contributed by atoms with E-state index in [0.717, 1.165) is 25.7 Å². The predicted octanol–water partition coefficient (Wildman–Crippen LogP) is 8.91. The van der Waals surface area contributed by atoms with Crippen molar-refractivity contribution in [3.8, 4) is 0 Å². The lowest BCUT2D eigenvalue weighted by Gasteiger charge is -2.36. The van der Waals surface area contributed by atoms with Crippen molar-refractivity contribution in [2.24, 2.45) is 76.9 Å². The van der Waals surface area contributed by atoms with Crippen LogP contribution in [0.4, 0.5) is 0 Å². The fourth-order valence-electron chi connectivity index (χ4n) is 14.0. The lowest BCUT2D eigenvalue weighted by Crippen LogP contribution is -2.38. The molecule has 0 aromatic heterocycles. The molecule has 10 aliphatic rings. The largest absolute Gasteiger partial charge is 0.481 e. The van der Waals surface area contributed by atoms with Gasteiger partial charge in [-0.05, 0) is 203 Å². The summed E-state index contributed by atoms with van der Waals surface area (Å²) < 4.78 is 47.6. The Hall–Kier alpha value is -4.77. The molecule has 4 N–H and O–H groups in total. The summed E-state index contributed by atoms with van der Waals surface area (Å²) in [6, 6.07) is 0. The molecule has 5 heterocycles. The minimum Gasteiger partial charge on any atom is -0.481 e. The van der Waals surface area contributed by atoms with Gasteiger partial charge in [0.2, 0.25) is 0 Å². The maximum absolute atomic E-state index is 11.4. The molecule has 18 atom stereocenters. The molecule has 0 unspecified atom stereocenters. The van der Waals surface area contributed by atoms with Crippen LogP contribution in [0.3, 0.4) is 0 Å². The minimum absolute atomic E-state index is 0.00551. The molecule has 87 heavy (non-hydrogen) atoms. The van der Waals surface area contributed by atoms with Gasteiger partial charge in [0.1, 0.15) is 5.78 Å². The average molecular weight is 1240 g/mol. The van der Waals surface area contributed by atoms with Crippen LogP contribution in [0.5, 0.6) is 0 Å². The van der Waals surface area contributed by atoms with Gasteiger partial charge in [-0.15, -0.1) is 0 Å². The highest BCUT2D eigenvalue weighted by molar-refractivity contribution is 5.81. The number of methoxy groups -OCH3 is 4. The van der Waals surface area contributed by atoms with E-state index in [-0.39, 0.29) is 110 Å². The van der Waals surface area contributed by atoms with Crippen molar-refractivity contribution in [1.82, 2.24) is 0 Å². The highest BCUT2D eigenvalue weighted by Crippen LogP contribution is 2.47. The molecule has 22 heteroatoms. The molecule has 10 rings (SSSR count). The molecular weight excluding hydrogens is 1130 g/mol. The van der Waals surface area contributed by atoms with Gasteiger partial charge in [-0.2, -0.15) is 0 Å². The summed E-state index contributed by atoms with van der Waals surface area (Å²) in [7, 11) is 5.17. The van der Waals surface area contributed by atoms with Crippen molar-refractivity contribution >= 4 is 53.5 Å². The zero-order chi connectivity index (χ0) is 63.8. The summed E-state index contributed by atoms with van der Waals surface area (Å²) in [5.41, 5.74) is 0. The van der Waals surface area contributed by atoms with Crippen molar-refractivity contribution in [3.05, 3.63) is 0 Å². The second kappa shape index (κ2) is 33.9. The van der Waals surface area contributed by atoms with Gasteiger partial charge in [-0.25, -0.2) is 0 Å². The minimum atomic E-state index is -0.904. The zero-order valence-electron chi connectivity index (χ0n) is 52.9. The Labute approximate surface area is 513 Å². The predicted molar refractivity (Wildman–Crippen MR) is 311 cm³/mol. The van der Waals surface area contributed by atoms with Gasteiger partial charge in [0.15, 0.2) is 0 Å². The number of carbonyl (C=O) groups is 9. The number of carbonyl (C=O) groups excluding carboxylic acids is 5. The standard InChI is InChI=1S/4C14H22O5.C9H14O2/c4*1-8-5-10(6-12(19-8)9-3-4-9)11(14(16)17)7-13(15)18-2;1-6-4-8(10)5-9(11-6)7-2-3-7/h4*8-12H,3-7H2,1-2H3,(H,16,17);6-7,9H,2-5H2,1H3/t8-,10+,11+,12+;8-,10+,11-,12+;8-,10-,11+,12+;8-,10-,11-,12+;6-,9+/m10100/s1. The molecule has 494 valence electrons. The van der Waals surface area contributed by atoms with Crippen LogP contribution >= 0.6 is 0 Å². The van der Waals surface area contributed by atoms with Crippen molar-refractivity contribution in [3.63, 3.8) is 0 Å². The molecule has 0 radical (unpaired) electrons. The number of ketones is 1. The summed E-state index contributed by atoms with van der Waals surface area (Å²) in [5, 5.41) is 37.4. The van der Waals surface area contributed by atoms with Crippen LogP contribution < -0.4 is 0 Å². The van der Waals surface area contributed by atoms with Crippen LogP contribution in [0.1, 0.15) is 189 Å². The number of hydrogen-bond donors (Lipinski definition) is 4. The molecule has 5 saturated heterocycles. The van der Waals surface area contributed by atoms with Gasteiger partial charge in [-0.3, -0.25) is 43.2 Å². The van der Waals surface area contributed by atoms with Crippen molar-refractivity contribution in [2.75, 3.05) is 28.4 Å². The van der Waals surface area contributed by atoms with Crippen LogP contribution in [0.2, 0.25) is 0 Å². The molecule has 0 amide bonds. The monoisotopic (exact) mass is 1230 g/mol. The summed E-state index contributed by atoms with van der Waals surface area (Å²) in [6.07, 6.45) is 20.4. The summed E-state index contributed by atoms with van der Waals surface area (Å²) in [5.74, 6) is -4.52. The number of ether oxygens (including phenoxy) is 9. The first-order valence-electron chi connectivity index (χ1n) is 32.3. The molecule has 10 fully saturated rings. The normalized spacial score (nSPS) is 33.5. The van der Waals surface area contributed by atoms with Gasteiger partial charge in [0, 0.05) is 12.8 Å². The SMILES string of the molecule is COC(=O)C[C@H](C(=O)O)[C@@H]1C[C@@H](C)O[C@H](C2CC2)C1.COC(=O)C[C@H](C(=O)O)[C@@H]1C[C@H](C)O[C@@H](C2CC2)C1.COC(=O)C[C@H](C(=O)O)[C@H]1C[C@@H](C)O[C@H](C2CC2)C1.COC(=O)C[C@H](C(=O)O)[C@H]1C[C@H](C)O[C@@H](C2CC2)C1.C[C@H]1CC(=O)C[C@H](C2CC2)O1. The van der Waals surface area contributed by atoms with Gasteiger partial charge in [-0.1, -0.05) is 0 Å². The molecule has 0 bridgehead atoms. The van der Waals surface area contributed by atoms with Crippen LogP contribution in [0.15, 0.2) is 0 Å². The number of aliphatic carboxylic acids is 4. The fraction of sp³-hybridized carbons (Fsp3) is 0.862. The Kier molecular flexibility index (Phi) is 27.8. The Bertz CT molecular complexity index is 2020. The maximum Gasteiger partial charge on any atom is 0.307 e. The van der Waals surface area contributed by atoms with Crippen molar-refractivity contribution < 1.29 is 106 Å². The Morgan fingerprint density at radius 1 is 0.345 bits per heavy atom. The highest BCUT2D eigenvalue weighted by atomic mass is 16.5. The van der Waals surface area contributed by atoms with E-state index < -0.39 is 71.4 Å². The van der Waals surface area contributed by atoms with E-state index in [1.165, 1.54) is 92.6 Å². The maximum atomic E-state index is 11.4. The lowest BCUT2D eigenvalue weighted by atomic mass is 9.79. The lowest BCUT2D eigenvalue weighted by molar-refractivity contribution is -0.156. The number of rotatable bonds is 21. The number of carboxylic acid groups (broad SMARTS) is 4. The summed E-state index contributed by atoms with van der Waals surface area (Å²) >= 11 is 0. The van der Waals surface area contributed by atoms with E-state index in [0.29, 0.717) is 73.9 Å². The molecule has 5 aliphatic heterocycles. The Morgan fingerprint density at radius 2 is 0.552 bits per heavy atom. The van der Waals surface area contributed by atoms with E-state index in [2.05, 4.69) is 18.9 Å². The molecule has 0 spiro atoms. The summed E-state index contributed by atoms with van der Waals surface area (Å²) in [6.45, 7) is 9.93. The van der Waals surface area contributed by atoms with Crippen molar-refractivity contribution in [2.45, 2.75) is 250 Å². The Morgan fingerprint density at radius 3 is 0.736 bits per heavy atom. The molecule has 22 nitrogen and oxygen atoms in total. The molecule has 0 aromatic rings. The van der Waals surface area contributed by atoms with Gasteiger partial charge >= 0.3 is 47.8 Å². The highest BCUT2D eigenvalue weighted by Gasteiger charge is 2.47. The van der Waals surface area contributed by atoms with E-state index in [9.17, 15) is 63.6 Å². The topological polar surface area (TPSA) is 318 Å². The third-order valence-electron chi connectivity index (χ3n) is 19.4. The molecule has 5 saturated carbocycles. The van der Waals surface area contributed by atoms with E-state index in [1.54, 1.807) is 0 Å². The first-order chi connectivity index (χ1) is 41.3. The number of esters is 4. The number of Topliss-reactive ketones (excluding diaryl/α,β-unsaturated/α-hetero) is 1. The second-order valence-corrected chi connectivity index (χ2v) is 26.9. The fourth-order valence-corrected chi connectivity index (χ4v) is 14.0. The third-order valence-corrected chi connectivity index (χ3v) is 19.4. The van der Waals surface area contributed by atoms with Gasteiger partial charge < -0.3 is 63.1 Å². The van der Waals surface area contributed by atoms with Crippen molar-refractivity contribution in [1.29, 1.82) is 0 Å².